The molecular weight excluding hydrogens is 251 g/mol. The molecule has 0 saturated heterocycles. The first-order chi connectivity index (χ1) is 6.22. The molecule has 1 heterocycles. The van der Waals surface area contributed by atoms with E-state index in [-0.39, 0.29) is 10.3 Å². The molecule has 0 aromatic rings. The van der Waals surface area contributed by atoms with E-state index in [0.717, 1.165) is 0 Å². The van der Waals surface area contributed by atoms with Crippen LogP contribution in [-0.4, -0.2) is 17.9 Å². The third-order valence-corrected chi connectivity index (χ3v) is 1.53. The van der Waals surface area contributed by atoms with E-state index in [1.165, 1.54) is 12.2 Å². The van der Waals surface area contributed by atoms with Gasteiger partial charge < -0.3 is 17.3 Å². The first-order valence-electron chi connectivity index (χ1n) is 3.22. The van der Waals surface area contributed by atoms with Gasteiger partial charge in [-0.3, -0.25) is 0 Å². The largest absolute Gasteiger partial charge is 0.673 e. The smallest absolute Gasteiger partial charge is 0.418 e. The standard InChI is InChI=1S/C5H4Cl2FN.BF4/c6-4-2-1-3-5(7)9(4)8;2-1(3,4)5/h1-4H;/q;-1. The highest BCUT2D eigenvalue weighted by molar-refractivity contribution is 6.50. The molecule has 0 aliphatic carbocycles. The van der Waals surface area contributed by atoms with Crippen LogP contribution in [0.4, 0.5) is 21.7 Å². The third kappa shape index (κ3) is 7.02. The van der Waals surface area contributed by atoms with E-state index in [9.17, 15) is 21.7 Å². The lowest BCUT2D eigenvalue weighted by Gasteiger charge is -2.17. The molecule has 0 fully saturated rings. The van der Waals surface area contributed by atoms with Gasteiger partial charge in [0.2, 0.25) is 0 Å². The molecule has 9 heteroatoms. The maximum absolute atomic E-state index is 12.4. The highest BCUT2D eigenvalue weighted by Crippen LogP contribution is 2.21. The topological polar surface area (TPSA) is 3.24 Å². The molecule has 1 aliphatic heterocycles. The summed E-state index contributed by atoms with van der Waals surface area (Å²) in [4.78, 5) is 0. The minimum Gasteiger partial charge on any atom is -0.418 e. The van der Waals surface area contributed by atoms with Crippen molar-refractivity contribution < 1.29 is 21.7 Å². The summed E-state index contributed by atoms with van der Waals surface area (Å²) in [6.07, 6.45) is 4.53. The van der Waals surface area contributed by atoms with Crippen LogP contribution in [-0.2, 0) is 0 Å². The zero-order valence-electron chi connectivity index (χ0n) is 6.48. The summed E-state index contributed by atoms with van der Waals surface area (Å²) in [6, 6.07) is 0. The van der Waals surface area contributed by atoms with Crippen LogP contribution in [0.5, 0.6) is 0 Å². The Morgan fingerprint density at radius 2 is 1.71 bits per heavy atom. The van der Waals surface area contributed by atoms with Crippen molar-refractivity contribution >= 4 is 30.5 Å². The van der Waals surface area contributed by atoms with Crippen molar-refractivity contribution in [1.29, 1.82) is 0 Å². The molecule has 0 bridgehead atoms. The van der Waals surface area contributed by atoms with Gasteiger partial charge in [-0.2, -0.15) is 5.12 Å². The van der Waals surface area contributed by atoms with Crippen LogP contribution in [0.1, 0.15) is 0 Å². The van der Waals surface area contributed by atoms with Gasteiger partial charge in [0, 0.05) is 0 Å². The van der Waals surface area contributed by atoms with Crippen molar-refractivity contribution in [3.8, 4) is 0 Å². The van der Waals surface area contributed by atoms with Crippen LogP contribution < -0.4 is 0 Å². The maximum atomic E-state index is 12.4. The van der Waals surface area contributed by atoms with Gasteiger partial charge in [0.1, 0.15) is 5.16 Å². The van der Waals surface area contributed by atoms with E-state index < -0.39 is 12.8 Å². The first kappa shape index (κ1) is 13.6. The van der Waals surface area contributed by atoms with Gasteiger partial charge in [-0.05, 0) is 12.2 Å². The minimum absolute atomic E-state index is 0.0116. The average Bonchev–Trinajstić information content (AvgIpc) is 1.97. The molecule has 0 spiro atoms. The van der Waals surface area contributed by atoms with Crippen LogP contribution in [0.25, 0.3) is 0 Å². The van der Waals surface area contributed by atoms with Crippen LogP contribution >= 0.6 is 23.2 Å². The highest BCUT2D eigenvalue weighted by Gasteiger charge is 2.20. The van der Waals surface area contributed by atoms with Gasteiger partial charge >= 0.3 is 7.25 Å². The van der Waals surface area contributed by atoms with Crippen LogP contribution in [0, 0.1) is 0 Å². The molecule has 1 aliphatic rings. The number of halogens is 7. The summed E-state index contributed by atoms with van der Waals surface area (Å²) < 4.78 is 51.4. The summed E-state index contributed by atoms with van der Waals surface area (Å²) in [7, 11) is -6.00. The Morgan fingerprint density at radius 1 is 1.29 bits per heavy atom. The van der Waals surface area contributed by atoms with Gasteiger partial charge in [0.25, 0.3) is 0 Å². The van der Waals surface area contributed by atoms with Crippen molar-refractivity contribution in [2.75, 3.05) is 0 Å². The Morgan fingerprint density at radius 3 is 2.00 bits per heavy atom. The molecule has 1 unspecified atom stereocenters. The van der Waals surface area contributed by atoms with Gasteiger partial charge in [0.15, 0.2) is 5.50 Å². The Hall–Kier alpha value is -0.425. The quantitative estimate of drug-likeness (QED) is 0.210. The maximum Gasteiger partial charge on any atom is 0.673 e. The lowest BCUT2D eigenvalue weighted by Crippen LogP contribution is -2.19. The molecular formula is C5H4BCl2F5N-. The number of alkyl halides is 1. The molecule has 0 aromatic carbocycles. The van der Waals surface area contributed by atoms with Gasteiger partial charge in [0.05, 0.1) is 0 Å². The normalized spacial score (nSPS) is 21.2. The molecule has 1 nitrogen and oxygen atoms in total. The number of nitrogens with zero attached hydrogens (tertiary/aromatic N) is 1. The summed E-state index contributed by atoms with van der Waals surface area (Å²) in [5.41, 5.74) is -0.762. The molecule has 0 amide bonds. The second kappa shape index (κ2) is 5.45. The van der Waals surface area contributed by atoms with Gasteiger partial charge in [-0.15, -0.1) is 0 Å². The molecule has 82 valence electrons. The molecule has 0 radical (unpaired) electrons. The fourth-order valence-corrected chi connectivity index (χ4v) is 0.908. The zero-order chi connectivity index (χ0) is 11.4. The number of hydrogen-bond acceptors (Lipinski definition) is 1. The van der Waals surface area contributed by atoms with Crippen molar-refractivity contribution in [3.05, 3.63) is 23.4 Å². The summed E-state index contributed by atoms with van der Waals surface area (Å²) in [5.74, 6) is 0. The fraction of sp³-hybridized carbons (Fsp3) is 0.200. The predicted octanol–water partition coefficient (Wildman–Crippen LogP) is 3.69. The van der Waals surface area contributed by atoms with Crippen molar-refractivity contribution in [2.45, 2.75) is 5.50 Å². The Kier molecular flexibility index (Phi) is 5.29. The van der Waals surface area contributed by atoms with Crippen LogP contribution in [0.2, 0.25) is 0 Å². The summed E-state index contributed by atoms with van der Waals surface area (Å²) >= 11 is 10.7. The van der Waals surface area contributed by atoms with E-state index in [4.69, 9.17) is 23.2 Å². The molecule has 0 N–H and O–H groups in total. The Balaban J connectivity index is 0.000000292. The van der Waals surface area contributed by atoms with Crippen LogP contribution in [0.3, 0.4) is 0 Å². The van der Waals surface area contributed by atoms with Crippen molar-refractivity contribution in [1.82, 2.24) is 5.12 Å². The van der Waals surface area contributed by atoms with Crippen molar-refractivity contribution in [2.24, 2.45) is 0 Å². The molecule has 1 atom stereocenters. The average molecular weight is 255 g/mol. The lowest BCUT2D eigenvalue weighted by molar-refractivity contribution is 0.0804. The molecule has 1 rings (SSSR count). The third-order valence-electron chi connectivity index (χ3n) is 0.924. The van der Waals surface area contributed by atoms with E-state index in [1.54, 1.807) is 6.08 Å². The van der Waals surface area contributed by atoms with Crippen molar-refractivity contribution in [3.63, 3.8) is 0 Å². The number of allylic oxidation sites excluding steroid dienone is 2. The van der Waals surface area contributed by atoms with E-state index in [0.29, 0.717) is 0 Å². The van der Waals surface area contributed by atoms with E-state index in [2.05, 4.69) is 0 Å². The van der Waals surface area contributed by atoms with Crippen LogP contribution in [0.15, 0.2) is 23.4 Å². The lowest BCUT2D eigenvalue weighted by atomic mass is 10.3. The zero-order valence-corrected chi connectivity index (χ0v) is 7.99. The minimum atomic E-state index is -6.00. The Bertz CT molecular complexity index is 235. The second-order valence-corrected chi connectivity index (χ2v) is 2.89. The highest BCUT2D eigenvalue weighted by atomic mass is 35.5. The van der Waals surface area contributed by atoms with Gasteiger partial charge in [-0.25, -0.2) is 0 Å². The van der Waals surface area contributed by atoms with Gasteiger partial charge in [-0.1, -0.05) is 33.8 Å². The predicted molar refractivity (Wildman–Crippen MR) is 45.8 cm³/mol. The SMILES string of the molecule is FN1C(Cl)=CC=CC1Cl.F[B-](F)(F)F. The Labute approximate surface area is 86.8 Å². The first-order valence-corrected chi connectivity index (χ1v) is 4.03. The second-order valence-electron chi connectivity index (χ2n) is 2.05. The molecule has 0 saturated carbocycles. The molecule has 14 heavy (non-hydrogen) atoms. The monoisotopic (exact) mass is 254 g/mol. The summed E-state index contributed by atoms with van der Waals surface area (Å²) in [5, 5.41) is 0.292. The summed E-state index contributed by atoms with van der Waals surface area (Å²) in [6.45, 7) is 0. The van der Waals surface area contributed by atoms with E-state index >= 15 is 0 Å². The van der Waals surface area contributed by atoms with E-state index in [1.807, 2.05) is 0 Å². The number of rotatable bonds is 0. The number of hydrogen-bond donors (Lipinski definition) is 0. The molecule has 0 aromatic heterocycles. The fourth-order valence-electron chi connectivity index (χ4n) is 0.491.